The Morgan fingerprint density at radius 1 is 1.21 bits per heavy atom. The molecule has 2 aromatic rings. The highest BCUT2D eigenvalue weighted by molar-refractivity contribution is 9.10. The second-order valence-corrected chi connectivity index (χ2v) is 8.19. The molecule has 1 aliphatic heterocycles. The van der Waals surface area contributed by atoms with Crippen LogP contribution in [0.4, 0.5) is 4.79 Å². The Morgan fingerprint density at radius 3 is 2.54 bits per heavy atom. The quantitative estimate of drug-likeness (QED) is 0.491. The highest BCUT2D eigenvalue weighted by Gasteiger charge is 2.33. The predicted molar refractivity (Wildman–Crippen MR) is 115 cm³/mol. The number of methoxy groups -OCH3 is 1. The van der Waals surface area contributed by atoms with Gasteiger partial charge < -0.3 is 9.47 Å². The summed E-state index contributed by atoms with van der Waals surface area (Å²) in [6.45, 7) is 2.43. The van der Waals surface area contributed by atoms with Crippen LogP contribution in [-0.2, 0) is 11.4 Å². The van der Waals surface area contributed by atoms with Crippen molar-refractivity contribution < 1.29 is 19.1 Å². The molecule has 2 amide bonds. The molecule has 1 heterocycles. The van der Waals surface area contributed by atoms with Gasteiger partial charge in [-0.15, -0.1) is 0 Å². The summed E-state index contributed by atoms with van der Waals surface area (Å²) in [4.78, 5) is 25.7. The number of ether oxygens (including phenoxy) is 2. The second kappa shape index (κ2) is 9.03. The number of carbonyl (C=O) groups is 2. The molecule has 0 bridgehead atoms. The van der Waals surface area contributed by atoms with E-state index in [1.165, 1.54) is 12.0 Å². The largest absolute Gasteiger partial charge is 0.493 e. The molecule has 2 aromatic carbocycles. The Morgan fingerprint density at radius 2 is 1.93 bits per heavy atom. The van der Waals surface area contributed by atoms with Gasteiger partial charge in [0.2, 0.25) is 0 Å². The first-order valence-corrected chi connectivity index (χ1v) is 10.4. The molecule has 0 saturated carbocycles. The van der Waals surface area contributed by atoms with Crippen LogP contribution in [-0.4, -0.2) is 29.7 Å². The number of thioether (sulfide) groups is 1. The molecule has 8 heteroatoms. The summed E-state index contributed by atoms with van der Waals surface area (Å²) in [5.41, 5.74) is 1.64. The van der Waals surface area contributed by atoms with Gasteiger partial charge >= 0.3 is 0 Å². The van der Waals surface area contributed by atoms with Crippen molar-refractivity contribution in [2.75, 3.05) is 13.7 Å². The number of hydrogen-bond donors (Lipinski definition) is 0. The molecule has 5 nitrogen and oxygen atoms in total. The summed E-state index contributed by atoms with van der Waals surface area (Å²) in [5.74, 6) is 0.569. The van der Waals surface area contributed by atoms with Crippen molar-refractivity contribution in [1.82, 2.24) is 4.90 Å². The van der Waals surface area contributed by atoms with Crippen molar-refractivity contribution in [3.8, 4) is 11.5 Å². The fourth-order valence-corrected chi connectivity index (χ4v) is 4.06. The highest BCUT2D eigenvalue weighted by Crippen LogP contribution is 2.39. The van der Waals surface area contributed by atoms with Gasteiger partial charge in [-0.25, -0.2) is 0 Å². The van der Waals surface area contributed by atoms with E-state index in [1.54, 1.807) is 25.1 Å². The molecule has 0 aromatic heterocycles. The van der Waals surface area contributed by atoms with Crippen LogP contribution < -0.4 is 9.47 Å². The smallest absolute Gasteiger partial charge is 0.293 e. The van der Waals surface area contributed by atoms with E-state index in [0.717, 1.165) is 21.8 Å². The first kappa shape index (κ1) is 20.8. The van der Waals surface area contributed by atoms with Gasteiger partial charge in [0.25, 0.3) is 11.1 Å². The Kier molecular flexibility index (Phi) is 6.69. The molecule has 3 rings (SSSR count). The number of rotatable bonds is 6. The number of imide groups is 1. The second-order valence-electron chi connectivity index (χ2n) is 5.88. The molecule has 0 atom stereocenters. The molecule has 1 aliphatic rings. The lowest BCUT2D eigenvalue weighted by atomic mass is 10.1. The molecule has 0 aliphatic carbocycles. The van der Waals surface area contributed by atoms with E-state index < -0.39 is 0 Å². The van der Waals surface area contributed by atoms with Gasteiger partial charge in [0.15, 0.2) is 11.5 Å². The van der Waals surface area contributed by atoms with Gasteiger partial charge in [0.05, 0.1) is 17.0 Å². The van der Waals surface area contributed by atoms with Crippen molar-refractivity contribution >= 4 is 56.5 Å². The SMILES string of the molecule is CCN1C(=O)S/C(=C/c2cc(Cl)c(OCc3ccc(Br)cc3)c(OC)c2)C1=O. The Bertz CT molecular complexity index is 946. The molecule has 0 radical (unpaired) electrons. The van der Waals surface area contributed by atoms with E-state index in [4.69, 9.17) is 21.1 Å². The minimum atomic E-state index is -0.303. The summed E-state index contributed by atoms with van der Waals surface area (Å²) in [6, 6.07) is 11.2. The van der Waals surface area contributed by atoms with Crippen LogP contribution in [0.1, 0.15) is 18.1 Å². The molecule has 0 N–H and O–H groups in total. The Labute approximate surface area is 180 Å². The van der Waals surface area contributed by atoms with Crippen molar-refractivity contribution in [3.05, 3.63) is 61.9 Å². The number of likely N-dealkylation sites (N-methyl/N-ethyl adjacent to an activating group) is 1. The molecule has 1 fully saturated rings. The molecule has 146 valence electrons. The number of carbonyl (C=O) groups excluding carboxylic acids is 2. The third-order valence-corrected chi connectivity index (χ3v) is 5.75. The van der Waals surface area contributed by atoms with E-state index in [9.17, 15) is 9.59 Å². The molecule has 0 unspecified atom stereocenters. The number of benzene rings is 2. The molecule has 28 heavy (non-hydrogen) atoms. The minimum absolute atomic E-state index is 0.272. The average Bonchev–Trinajstić information content (AvgIpc) is 2.94. The van der Waals surface area contributed by atoms with Crippen LogP contribution in [0.25, 0.3) is 6.08 Å². The van der Waals surface area contributed by atoms with Gasteiger partial charge in [0, 0.05) is 11.0 Å². The van der Waals surface area contributed by atoms with E-state index in [0.29, 0.717) is 40.1 Å². The Balaban J connectivity index is 1.83. The number of hydrogen-bond acceptors (Lipinski definition) is 5. The minimum Gasteiger partial charge on any atom is -0.493 e. The van der Waals surface area contributed by atoms with Crippen LogP contribution in [0, 0.1) is 0 Å². The van der Waals surface area contributed by atoms with E-state index >= 15 is 0 Å². The summed E-state index contributed by atoms with van der Waals surface area (Å²) in [6.07, 6.45) is 1.63. The van der Waals surface area contributed by atoms with Gasteiger partial charge in [-0.05, 0) is 60.2 Å². The zero-order chi connectivity index (χ0) is 20.3. The maximum atomic E-state index is 12.3. The normalized spacial score (nSPS) is 15.4. The van der Waals surface area contributed by atoms with Crippen LogP contribution in [0.5, 0.6) is 11.5 Å². The predicted octanol–water partition coefficient (Wildman–Crippen LogP) is 5.75. The Hall–Kier alpha value is -1.96. The van der Waals surface area contributed by atoms with Crippen molar-refractivity contribution in [3.63, 3.8) is 0 Å². The summed E-state index contributed by atoms with van der Waals surface area (Å²) in [7, 11) is 1.52. The van der Waals surface area contributed by atoms with Crippen LogP contribution in [0.3, 0.4) is 0 Å². The topological polar surface area (TPSA) is 55.8 Å². The maximum Gasteiger partial charge on any atom is 0.293 e. The van der Waals surface area contributed by atoms with Crippen molar-refractivity contribution in [1.29, 1.82) is 0 Å². The molecule has 1 saturated heterocycles. The molecular weight excluding hydrogens is 466 g/mol. The monoisotopic (exact) mass is 481 g/mol. The lowest BCUT2D eigenvalue weighted by molar-refractivity contribution is -0.122. The first-order chi connectivity index (χ1) is 13.4. The van der Waals surface area contributed by atoms with Crippen LogP contribution in [0.2, 0.25) is 5.02 Å². The number of amides is 2. The van der Waals surface area contributed by atoms with Crippen LogP contribution in [0.15, 0.2) is 45.8 Å². The summed E-state index contributed by atoms with van der Waals surface area (Å²) in [5, 5.41) is 0.0868. The molecule has 0 spiro atoms. The van der Waals surface area contributed by atoms with Crippen molar-refractivity contribution in [2.45, 2.75) is 13.5 Å². The first-order valence-electron chi connectivity index (χ1n) is 8.43. The molecular formula is C20H17BrClNO4S. The lowest BCUT2D eigenvalue weighted by Gasteiger charge is -2.13. The summed E-state index contributed by atoms with van der Waals surface area (Å²) < 4.78 is 12.3. The highest BCUT2D eigenvalue weighted by atomic mass is 79.9. The van der Waals surface area contributed by atoms with E-state index in [1.807, 2.05) is 24.3 Å². The zero-order valence-electron chi connectivity index (χ0n) is 15.2. The summed E-state index contributed by atoms with van der Waals surface area (Å²) >= 11 is 10.7. The van der Waals surface area contributed by atoms with Gasteiger partial charge in [0.1, 0.15) is 6.61 Å². The van der Waals surface area contributed by atoms with E-state index in [-0.39, 0.29) is 11.1 Å². The third-order valence-electron chi connectivity index (χ3n) is 4.04. The zero-order valence-corrected chi connectivity index (χ0v) is 18.4. The van der Waals surface area contributed by atoms with E-state index in [2.05, 4.69) is 15.9 Å². The standard InChI is InChI=1S/C20H17BrClNO4S/c1-3-23-19(24)17(28-20(23)25)10-13-8-15(22)18(16(9-13)26-2)27-11-12-4-6-14(21)7-5-12/h4-10H,3,11H2,1-2H3/b17-10+. The van der Waals surface area contributed by atoms with Gasteiger partial charge in [-0.2, -0.15) is 0 Å². The van der Waals surface area contributed by atoms with Gasteiger partial charge in [-0.3, -0.25) is 14.5 Å². The fourth-order valence-electron chi connectivity index (χ4n) is 2.62. The fraction of sp³-hybridized carbons (Fsp3) is 0.200. The number of nitrogens with zero attached hydrogens (tertiary/aromatic N) is 1. The average molecular weight is 483 g/mol. The maximum absolute atomic E-state index is 12.3. The third kappa shape index (κ3) is 4.54. The van der Waals surface area contributed by atoms with Gasteiger partial charge in [-0.1, -0.05) is 39.7 Å². The lowest BCUT2D eigenvalue weighted by Crippen LogP contribution is -2.27. The van der Waals surface area contributed by atoms with Crippen LogP contribution >= 0.6 is 39.3 Å². The van der Waals surface area contributed by atoms with Crippen molar-refractivity contribution in [2.24, 2.45) is 0 Å². The number of halogens is 2.